The van der Waals surface area contributed by atoms with Gasteiger partial charge in [0.25, 0.3) is 5.91 Å². The van der Waals surface area contributed by atoms with Gasteiger partial charge in [-0.05, 0) is 47.2 Å². The number of hydrogen-bond acceptors (Lipinski definition) is 6. The third-order valence-electron chi connectivity index (χ3n) is 5.89. The number of para-hydroxylation sites is 1. The number of nitrogens with zero attached hydrogens (tertiary/aromatic N) is 1. The number of fused-ring (bicyclic) bond motifs is 3. The van der Waals surface area contributed by atoms with E-state index >= 15 is 0 Å². The number of phenolic OH excluding ortho intramolecular Hbond substituents is 1. The molecule has 0 unspecified atom stereocenters. The van der Waals surface area contributed by atoms with E-state index in [0.717, 1.165) is 27.8 Å². The largest absolute Gasteiger partial charge is 0.505 e. The van der Waals surface area contributed by atoms with Crippen molar-refractivity contribution in [1.82, 2.24) is 0 Å². The lowest BCUT2D eigenvalue weighted by atomic mass is 10.0. The number of ether oxygens (including phenoxy) is 2. The molecule has 4 aromatic carbocycles. The number of anilines is 2. The highest BCUT2D eigenvalue weighted by Crippen LogP contribution is 2.34. The highest BCUT2D eigenvalue weighted by Gasteiger charge is 2.21. The average Bonchev–Trinajstić information content (AvgIpc) is 2.89. The zero-order chi connectivity index (χ0) is 23.7. The second-order valence-electron chi connectivity index (χ2n) is 7.93. The van der Waals surface area contributed by atoms with E-state index < -0.39 is 11.9 Å². The molecule has 0 aromatic heterocycles. The first-order valence-corrected chi connectivity index (χ1v) is 10.8. The molecule has 34 heavy (non-hydrogen) atoms. The lowest BCUT2D eigenvalue weighted by Gasteiger charge is -2.31. The molecule has 1 heterocycles. The zero-order valence-electron chi connectivity index (χ0n) is 18.4. The fourth-order valence-corrected chi connectivity index (χ4v) is 4.12. The summed E-state index contributed by atoms with van der Waals surface area (Å²) in [7, 11) is 1.23. The lowest BCUT2D eigenvalue weighted by Crippen LogP contribution is -2.32. The molecule has 7 nitrogen and oxygen atoms in total. The first kappa shape index (κ1) is 21.3. The van der Waals surface area contributed by atoms with E-state index in [9.17, 15) is 14.7 Å². The summed E-state index contributed by atoms with van der Waals surface area (Å²) in [5.74, 6) is -0.576. The van der Waals surface area contributed by atoms with Crippen LogP contribution >= 0.6 is 0 Å². The van der Waals surface area contributed by atoms with Crippen LogP contribution in [0.3, 0.4) is 0 Å². The summed E-state index contributed by atoms with van der Waals surface area (Å²) in [5.41, 5.74) is 2.44. The number of phenols is 1. The van der Waals surface area contributed by atoms with Crippen molar-refractivity contribution in [2.24, 2.45) is 0 Å². The third kappa shape index (κ3) is 3.88. The van der Waals surface area contributed by atoms with Gasteiger partial charge >= 0.3 is 5.97 Å². The van der Waals surface area contributed by atoms with E-state index in [4.69, 9.17) is 4.74 Å². The van der Waals surface area contributed by atoms with Gasteiger partial charge in [-0.25, -0.2) is 4.79 Å². The molecular formula is C27H22N2O5. The van der Waals surface area contributed by atoms with E-state index in [1.54, 1.807) is 24.3 Å². The van der Waals surface area contributed by atoms with E-state index in [1.165, 1.54) is 19.2 Å². The molecule has 0 aliphatic carbocycles. The Morgan fingerprint density at radius 1 is 1.00 bits per heavy atom. The van der Waals surface area contributed by atoms with Gasteiger partial charge in [0.2, 0.25) is 0 Å². The maximum absolute atomic E-state index is 12.9. The second kappa shape index (κ2) is 8.78. The second-order valence-corrected chi connectivity index (χ2v) is 7.93. The Hall–Kier alpha value is -4.52. The predicted molar refractivity (Wildman–Crippen MR) is 129 cm³/mol. The first-order valence-electron chi connectivity index (χ1n) is 10.8. The maximum Gasteiger partial charge on any atom is 0.341 e. The average molecular weight is 454 g/mol. The summed E-state index contributed by atoms with van der Waals surface area (Å²) >= 11 is 0. The normalized spacial score (nSPS) is 12.6. The number of benzene rings is 4. The Kier molecular flexibility index (Phi) is 5.51. The first-order chi connectivity index (χ1) is 16.5. The minimum absolute atomic E-state index is 0.0228. The Morgan fingerprint density at radius 2 is 1.82 bits per heavy atom. The number of amides is 1. The molecular weight excluding hydrogens is 432 g/mol. The summed E-state index contributed by atoms with van der Waals surface area (Å²) in [6.45, 7) is 1.00. The van der Waals surface area contributed by atoms with Crippen LogP contribution in [0.5, 0.6) is 11.5 Å². The summed E-state index contributed by atoms with van der Waals surface area (Å²) in [4.78, 5) is 26.8. The monoisotopic (exact) mass is 454 g/mol. The standard InChI is InChI=1S/C27H22N2O5/c1-33-27(32)21-10-5-11-23(25(21)30)28-26(31)18-7-4-8-19(14-18)29-15-22-20-9-3-2-6-17(20)12-13-24(22)34-16-29/h2-14,30H,15-16H2,1H3,(H,28,31). The molecule has 1 aliphatic rings. The Balaban J connectivity index is 1.39. The number of rotatable bonds is 4. The number of carbonyl (C=O) groups excluding carboxylic acids is 2. The molecule has 1 aliphatic heterocycles. The Morgan fingerprint density at radius 3 is 2.68 bits per heavy atom. The summed E-state index contributed by atoms with van der Waals surface area (Å²) in [5, 5.41) is 15.3. The van der Waals surface area contributed by atoms with Crippen LogP contribution in [0.1, 0.15) is 26.3 Å². The molecule has 2 N–H and O–H groups in total. The van der Waals surface area contributed by atoms with Crippen molar-refractivity contribution in [3.63, 3.8) is 0 Å². The Bertz CT molecular complexity index is 1420. The van der Waals surface area contributed by atoms with Gasteiger partial charge in [0.05, 0.1) is 19.3 Å². The van der Waals surface area contributed by atoms with Crippen LogP contribution in [0.2, 0.25) is 0 Å². The minimum Gasteiger partial charge on any atom is -0.505 e. The van der Waals surface area contributed by atoms with Crippen molar-refractivity contribution >= 4 is 34.0 Å². The molecule has 0 bridgehead atoms. The van der Waals surface area contributed by atoms with Crippen LogP contribution in [0, 0.1) is 0 Å². The number of aromatic hydroxyl groups is 1. The van der Waals surface area contributed by atoms with Crippen LogP contribution in [0.25, 0.3) is 10.8 Å². The van der Waals surface area contributed by atoms with Gasteiger partial charge in [-0.1, -0.05) is 42.5 Å². The van der Waals surface area contributed by atoms with E-state index in [0.29, 0.717) is 18.8 Å². The molecule has 0 saturated carbocycles. The van der Waals surface area contributed by atoms with Crippen molar-refractivity contribution in [1.29, 1.82) is 0 Å². The maximum atomic E-state index is 12.9. The molecule has 0 atom stereocenters. The fourth-order valence-electron chi connectivity index (χ4n) is 4.12. The van der Waals surface area contributed by atoms with Crippen molar-refractivity contribution in [3.05, 3.63) is 95.6 Å². The van der Waals surface area contributed by atoms with Gasteiger partial charge in [0.15, 0.2) is 12.5 Å². The highest BCUT2D eigenvalue weighted by molar-refractivity contribution is 6.06. The molecule has 5 rings (SSSR count). The number of carbonyl (C=O) groups is 2. The lowest BCUT2D eigenvalue weighted by molar-refractivity contribution is 0.0597. The third-order valence-corrected chi connectivity index (χ3v) is 5.89. The topological polar surface area (TPSA) is 88.1 Å². The predicted octanol–water partition coefficient (Wildman–Crippen LogP) is 4.94. The molecule has 1 amide bonds. The number of hydrogen-bond donors (Lipinski definition) is 2. The van der Waals surface area contributed by atoms with Crippen LogP contribution < -0.4 is 15.0 Å². The summed E-state index contributed by atoms with van der Waals surface area (Å²) in [6.07, 6.45) is 0. The Labute approximate surface area is 196 Å². The van der Waals surface area contributed by atoms with E-state index in [2.05, 4.69) is 33.2 Å². The van der Waals surface area contributed by atoms with Crippen LogP contribution in [0.15, 0.2) is 78.9 Å². The van der Waals surface area contributed by atoms with Gasteiger partial charge < -0.3 is 24.8 Å². The van der Waals surface area contributed by atoms with Crippen molar-refractivity contribution in [3.8, 4) is 11.5 Å². The highest BCUT2D eigenvalue weighted by atomic mass is 16.5. The van der Waals surface area contributed by atoms with Crippen molar-refractivity contribution in [2.45, 2.75) is 6.54 Å². The molecule has 0 fully saturated rings. The number of esters is 1. The van der Waals surface area contributed by atoms with Gasteiger partial charge in [0.1, 0.15) is 11.3 Å². The van der Waals surface area contributed by atoms with E-state index in [1.807, 2.05) is 24.3 Å². The van der Waals surface area contributed by atoms with Gasteiger partial charge in [-0.15, -0.1) is 0 Å². The molecule has 4 aromatic rings. The molecule has 7 heteroatoms. The fraction of sp³-hybridized carbons (Fsp3) is 0.111. The van der Waals surface area contributed by atoms with Crippen LogP contribution in [-0.2, 0) is 11.3 Å². The molecule has 0 saturated heterocycles. The SMILES string of the molecule is COC(=O)c1cccc(NC(=O)c2cccc(N3COc4ccc5ccccc5c4C3)c2)c1O. The van der Waals surface area contributed by atoms with Crippen LogP contribution in [0.4, 0.5) is 11.4 Å². The smallest absolute Gasteiger partial charge is 0.341 e. The zero-order valence-corrected chi connectivity index (χ0v) is 18.4. The molecule has 170 valence electrons. The van der Waals surface area contributed by atoms with Crippen molar-refractivity contribution < 1.29 is 24.2 Å². The van der Waals surface area contributed by atoms with E-state index in [-0.39, 0.29) is 17.0 Å². The summed E-state index contributed by atoms with van der Waals surface area (Å²) < 4.78 is 10.7. The summed E-state index contributed by atoms with van der Waals surface area (Å²) in [6, 6.07) is 23.9. The van der Waals surface area contributed by atoms with Crippen LogP contribution in [-0.4, -0.2) is 30.8 Å². The minimum atomic E-state index is -0.687. The number of methoxy groups -OCH3 is 1. The van der Waals surface area contributed by atoms with Gasteiger partial charge in [0, 0.05) is 16.8 Å². The molecule has 0 radical (unpaired) electrons. The number of nitrogens with one attached hydrogen (secondary N) is 1. The molecule has 0 spiro atoms. The van der Waals surface area contributed by atoms with Gasteiger partial charge in [-0.3, -0.25) is 4.79 Å². The quantitative estimate of drug-likeness (QED) is 0.335. The van der Waals surface area contributed by atoms with Gasteiger partial charge in [-0.2, -0.15) is 0 Å². The van der Waals surface area contributed by atoms with Crippen molar-refractivity contribution in [2.75, 3.05) is 24.1 Å².